The zero-order valence-corrected chi connectivity index (χ0v) is 19.7. The van der Waals surface area contributed by atoms with Crippen LogP contribution in [0.3, 0.4) is 0 Å². The summed E-state index contributed by atoms with van der Waals surface area (Å²) < 4.78 is 5.27. The second-order valence-electron chi connectivity index (χ2n) is 9.25. The maximum absolute atomic E-state index is 12.6. The second kappa shape index (κ2) is 9.14. The van der Waals surface area contributed by atoms with Crippen molar-refractivity contribution in [2.24, 2.45) is 5.92 Å². The Bertz CT molecular complexity index is 904. The van der Waals surface area contributed by atoms with Crippen molar-refractivity contribution >= 4 is 29.1 Å². The number of nitrogens with zero attached hydrogens (tertiary/aromatic N) is 1. The van der Waals surface area contributed by atoms with Gasteiger partial charge in [0.15, 0.2) is 5.76 Å². The molecule has 1 amide bonds. The molecule has 1 atom stereocenters. The predicted octanol–water partition coefficient (Wildman–Crippen LogP) is 5.09. The lowest BCUT2D eigenvalue weighted by atomic mass is 9.66. The minimum Gasteiger partial charge on any atom is -0.459 e. The Kier molecular flexibility index (Phi) is 6.68. The van der Waals surface area contributed by atoms with E-state index in [2.05, 4.69) is 35.4 Å². The van der Waals surface area contributed by atoms with Crippen LogP contribution in [-0.4, -0.2) is 42.5 Å². The SMILES string of the molecule is CC1(NC(=O)c2ccco2)CCC(C(C)(c2cccc(Cl)c2Cl)N2CCNCC2)CC1. The van der Waals surface area contributed by atoms with Crippen LogP contribution in [-0.2, 0) is 5.54 Å². The van der Waals surface area contributed by atoms with E-state index in [1.54, 1.807) is 12.1 Å². The molecule has 2 fully saturated rings. The van der Waals surface area contributed by atoms with Crippen molar-refractivity contribution < 1.29 is 9.21 Å². The van der Waals surface area contributed by atoms with Gasteiger partial charge in [-0.1, -0.05) is 35.3 Å². The van der Waals surface area contributed by atoms with Crippen LogP contribution in [0.15, 0.2) is 41.0 Å². The highest BCUT2D eigenvalue weighted by Crippen LogP contribution is 2.48. The summed E-state index contributed by atoms with van der Waals surface area (Å²) in [6.07, 6.45) is 5.34. The summed E-state index contributed by atoms with van der Waals surface area (Å²) in [5.41, 5.74) is 0.649. The van der Waals surface area contributed by atoms with Gasteiger partial charge in [0, 0.05) is 37.3 Å². The van der Waals surface area contributed by atoms with E-state index in [1.165, 1.54) is 6.26 Å². The van der Waals surface area contributed by atoms with Crippen molar-refractivity contribution in [1.29, 1.82) is 0 Å². The Morgan fingerprint density at radius 1 is 1.19 bits per heavy atom. The number of piperazine rings is 1. The van der Waals surface area contributed by atoms with Crippen molar-refractivity contribution in [2.45, 2.75) is 50.6 Å². The maximum Gasteiger partial charge on any atom is 0.287 e. The molecule has 1 saturated carbocycles. The largest absolute Gasteiger partial charge is 0.459 e. The summed E-state index contributed by atoms with van der Waals surface area (Å²) in [5, 5.41) is 7.92. The molecule has 0 radical (unpaired) electrons. The molecule has 168 valence electrons. The lowest BCUT2D eigenvalue weighted by molar-refractivity contribution is 0.00443. The molecule has 31 heavy (non-hydrogen) atoms. The Labute approximate surface area is 194 Å². The molecule has 1 saturated heterocycles. The topological polar surface area (TPSA) is 57.5 Å². The molecule has 1 unspecified atom stereocenters. The van der Waals surface area contributed by atoms with Crippen LogP contribution in [0.4, 0.5) is 0 Å². The van der Waals surface area contributed by atoms with Gasteiger partial charge in [-0.05, 0) is 69.2 Å². The van der Waals surface area contributed by atoms with Gasteiger partial charge in [-0.25, -0.2) is 0 Å². The minimum atomic E-state index is -0.247. The average Bonchev–Trinajstić information content (AvgIpc) is 3.31. The van der Waals surface area contributed by atoms with Crippen molar-refractivity contribution in [3.63, 3.8) is 0 Å². The number of carbonyl (C=O) groups is 1. The molecule has 1 aromatic carbocycles. The monoisotopic (exact) mass is 463 g/mol. The Morgan fingerprint density at radius 3 is 2.55 bits per heavy atom. The van der Waals surface area contributed by atoms with E-state index in [0.717, 1.165) is 57.4 Å². The first kappa shape index (κ1) is 22.7. The summed E-state index contributed by atoms with van der Waals surface area (Å²) in [6.45, 7) is 8.35. The number of halogens is 2. The molecule has 4 rings (SSSR count). The number of rotatable bonds is 5. The minimum absolute atomic E-state index is 0.145. The molecule has 1 aliphatic heterocycles. The predicted molar refractivity (Wildman–Crippen MR) is 125 cm³/mol. The molecular weight excluding hydrogens is 433 g/mol. The highest BCUT2D eigenvalue weighted by molar-refractivity contribution is 6.42. The van der Waals surface area contributed by atoms with Crippen LogP contribution in [0.2, 0.25) is 10.0 Å². The van der Waals surface area contributed by atoms with Crippen molar-refractivity contribution in [1.82, 2.24) is 15.5 Å². The van der Waals surface area contributed by atoms with Gasteiger partial charge >= 0.3 is 0 Å². The zero-order valence-electron chi connectivity index (χ0n) is 18.2. The third-order valence-electron chi connectivity index (χ3n) is 7.32. The highest BCUT2D eigenvalue weighted by atomic mass is 35.5. The van der Waals surface area contributed by atoms with Crippen LogP contribution in [0.5, 0.6) is 0 Å². The summed E-state index contributed by atoms with van der Waals surface area (Å²) in [5.74, 6) is 0.628. The van der Waals surface area contributed by atoms with Crippen molar-refractivity contribution in [3.05, 3.63) is 58.0 Å². The van der Waals surface area contributed by atoms with E-state index >= 15 is 0 Å². The van der Waals surface area contributed by atoms with Crippen LogP contribution < -0.4 is 10.6 Å². The van der Waals surface area contributed by atoms with Gasteiger partial charge in [-0.2, -0.15) is 0 Å². The Hall–Kier alpha value is -1.53. The fraction of sp³-hybridized carbons (Fsp3) is 0.542. The molecule has 7 heteroatoms. The second-order valence-corrected chi connectivity index (χ2v) is 10.0. The molecule has 1 aliphatic carbocycles. The first-order chi connectivity index (χ1) is 14.8. The van der Waals surface area contributed by atoms with Crippen molar-refractivity contribution in [3.8, 4) is 0 Å². The number of carbonyl (C=O) groups excluding carboxylic acids is 1. The van der Waals surface area contributed by atoms with E-state index in [0.29, 0.717) is 21.7 Å². The van der Waals surface area contributed by atoms with Gasteiger partial charge in [-0.15, -0.1) is 0 Å². The summed E-state index contributed by atoms with van der Waals surface area (Å²) in [7, 11) is 0. The van der Waals surface area contributed by atoms with Crippen LogP contribution in [0.1, 0.15) is 55.6 Å². The number of amides is 1. The maximum atomic E-state index is 12.6. The van der Waals surface area contributed by atoms with E-state index in [4.69, 9.17) is 27.6 Å². The lowest BCUT2D eigenvalue weighted by Gasteiger charge is -2.52. The molecule has 2 aromatic rings. The summed E-state index contributed by atoms with van der Waals surface area (Å²) in [4.78, 5) is 15.1. The number of hydrogen-bond acceptors (Lipinski definition) is 4. The smallest absolute Gasteiger partial charge is 0.287 e. The van der Waals surface area contributed by atoms with E-state index in [1.807, 2.05) is 12.1 Å². The van der Waals surface area contributed by atoms with Gasteiger partial charge in [0.05, 0.1) is 16.3 Å². The van der Waals surface area contributed by atoms with E-state index in [-0.39, 0.29) is 17.0 Å². The van der Waals surface area contributed by atoms with Crippen LogP contribution in [0.25, 0.3) is 0 Å². The summed E-state index contributed by atoms with van der Waals surface area (Å²) >= 11 is 13.2. The highest BCUT2D eigenvalue weighted by Gasteiger charge is 2.46. The van der Waals surface area contributed by atoms with Gasteiger partial charge in [0.2, 0.25) is 0 Å². The van der Waals surface area contributed by atoms with Gasteiger partial charge in [-0.3, -0.25) is 9.69 Å². The normalized spacial score (nSPS) is 26.9. The number of nitrogens with one attached hydrogen (secondary N) is 2. The fourth-order valence-electron chi connectivity index (χ4n) is 5.36. The first-order valence-corrected chi connectivity index (χ1v) is 11.9. The molecule has 2 aliphatic rings. The lowest BCUT2D eigenvalue weighted by Crippen LogP contribution is -2.58. The molecule has 2 N–H and O–H groups in total. The van der Waals surface area contributed by atoms with Crippen molar-refractivity contribution in [2.75, 3.05) is 26.2 Å². The molecule has 1 aromatic heterocycles. The Balaban J connectivity index is 1.56. The molecule has 5 nitrogen and oxygen atoms in total. The van der Waals surface area contributed by atoms with Crippen LogP contribution in [0, 0.1) is 5.92 Å². The number of furan rings is 1. The standard InChI is InChI=1S/C24H31Cl2N3O2/c1-23(28-22(30)20-7-4-16-31-20)10-8-17(9-11-23)24(2,29-14-12-27-13-15-29)18-5-3-6-19(25)21(18)26/h3-7,16-17,27H,8-15H2,1-2H3,(H,28,30). The quantitative estimate of drug-likeness (QED) is 0.648. The fourth-order valence-corrected chi connectivity index (χ4v) is 5.85. The van der Waals surface area contributed by atoms with Gasteiger partial charge < -0.3 is 15.1 Å². The molecular formula is C24H31Cl2N3O2. The zero-order chi connectivity index (χ0) is 22.1. The number of hydrogen-bond donors (Lipinski definition) is 2. The Morgan fingerprint density at radius 2 is 1.90 bits per heavy atom. The first-order valence-electron chi connectivity index (χ1n) is 11.1. The molecule has 2 heterocycles. The van der Waals surface area contributed by atoms with E-state index in [9.17, 15) is 4.79 Å². The molecule has 0 spiro atoms. The number of benzene rings is 1. The third kappa shape index (κ3) is 4.51. The summed E-state index contributed by atoms with van der Waals surface area (Å²) in [6, 6.07) is 9.42. The van der Waals surface area contributed by atoms with Crippen LogP contribution >= 0.6 is 23.2 Å². The third-order valence-corrected chi connectivity index (χ3v) is 8.13. The average molecular weight is 464 g/mol. The molecule has 0 bridgehead atoms. The van der Waals surface area contributed by atoms with Gasteiger partial charge in [0.25, 0.3) is 5.91 Å². The van der Waals surface area contributed by atoms with Gasteiger partial charge in [0.1, 0.15) is 0 Å². The van der Waals surface area contributed by atoms with E-state index < -0.39 is 0 Å².